The summed E-state index contributed by atoms with van der Waals surface area (Å²) >= 11 is 0. The molecule has 1 aromatic carbocycles. The quantitative estimate of drug-likeness (QED) is 0.790. The summed E-state index contributed by atoms with van der Waals surface area (Å²) in [5.74, 6) is 0.290. The first-order valence-corrected chi connectivity index (χ1v) is 6.92. The van der Waals surface area contributed by atoms with Gasteiger partial charge in [0.25, 0.3) is 0 Å². The lowest BCUT2D eigenvalue weighted by atomic mass is 9.64. The molecule has 0 aliphatic heterocycles. The Labute approximate surface area is 117 Å². The highest BCUT2D eigenvalue weighted by Crippen LogP contribution is 2.49. The zero-order valence-corrected chi connectivity index (χ0v) is 12.1. The van der Waals surface area contributed by atoms with Gasteiger partial charge in [0.05, 0.1) is 11.2 Å². The number of hydrogen-bond donors (Lipinski definition) is 1. The van der Waals surface area contributed by atoms with Gasteiger partial charge in [-0.2, -0.15) is 13.2 Å². The fraction of sp³-hybridized carbons (Fsp3) is 0.625. The van der Waals surface area contributed by atoms with Crippen molar-refractivity contribution in [3.05, 3.63) is 35.4 Å². The summed E-state index contributed by atoms with van der Waals surface area (Å²) in [7, 11) is 0. The van der Waals surface area contributed by atoms with Gasteiger partial charge in [-0.25, -0.2) is 0 Å². The maximum atomic E-state index is 12.8. The molecule has 1 saturated carbocycles. The SMILES string of the molecule is CC1CC(C)(C)CC(O)(c2cccc(C(F)(F)F)c2)C1. The van der Waals surface area contributed by atoms with Gasteiger partial charge in [0.2, 0.25) is 0 Å². The highest BCUT2D eigenvalue weighted by molar-refractivity contribution is 5.30. The van der Waals surface area contributed by atoms with E-state index in [1.165, 1.54) is 6.07 Å². The fourth-order valence-corrected chi connectivity index (χ4v) is 3.73. The fourth-order valence-electron chi connectivity index (χ4n) is 3.73. The van der Waals surface area contributed by atoms with Gasteiger partial charge >= 0.3 is 6.18 Å². The lowest BCUT2D eigenvalue weighted by Gasteiger charge is -2.45. The molecule has 1 fully saturated rings. The van der Waals surface area contributed by atoms with Crippen LogP contribution in [0.15, 0.2) is 24.3 Å². The van der Waals surface area contributed by atoms with Crippen molar-refractivity contribution in [2.24, 2.45) is 11.3 Å². The minimum absolute atomic E-state index is 0.0688. The van der Waals surface area contributed by atoms with Gasteiger partial charge in [-0.3, -0.25) is 0 Å². The molecule has 2 unspecified atom stereocenters. The van der Waals surface area contributed by atoms with Crippen molar-refractivity contribution >= 4 is 0 Å². The molecule has 1 aliphatic carbocycles. The molecule has 0 spiro atoms. The second kappa shape index (κ2) is 4.76. The van der Waals surface area contributed by atoms with Crippen LogP contribution in [0.25, 0.3) is 0 Å². The van der Waals surface area contributed by atoms with Crippen molar-refractivity contribution < 1.29 is 18.3 Å². The second-order valence-corrected chi connectivity index (χ2v) is 6.96. The zero-order valence-electron chi connectivity index (χ0n) is 12.1. The third-order valence-electron chi connectivity index (χ3n) is 4.09. The first kappa shape index (κ1) is 15.4. The van der Waals surface area contributed by atoms with Crippen LogP contribution in [-0.2, 0) is 11.8 Å². The minimum Gasteiger partial charge on any atom is -0.385 e. The van der Waals surface area contributed by atoms with E-state index in [4.69, 9.17) is 0 Å². The van der Waals surface area contributed by atoms with Crippen molar-refractivity contribution in [3.8, 4) is 0 Å². The van der Waals surface area contributed by atoms with Crippen molar-refractivity contribution in [1.29, 1.82) is 0 Å². The summed E-state index contributed by atoms with van der Waals surface area (Å²) in [6, 6.07) is 5.12. The Morgan fingerprint density at radius 2 is 1.85 bits per heavy atom. The largest absolute Gasteiger partial charge is 0.416 e. The maximum absolute atomic E-state index is 12.8. The summed E-state index contributed by atoms with van der Waals surface area (Å²) in [6.07, 6.45) is -2.39. The highest BCUT2D eigenvalue weighted by atomic mass is 19.4. The summed E-state index contributed by atoms with van der Waals surface area (Å²) in [5, 5.41) is 10.9. The molecule has 0 amide bonds. The lowest BCUT2D eigenvalue weighted by molar-refractivity contribution is -0.137. The van der Waals surface area contributed by atoms with Crippen LogP contribution in [0, 0.1) is 11.3 Å². The third-order valence-corrected chi connectivity index (χ3v) is 4.09. The van der Waals surface area contributed by atoms with Gasteiger partial charge < -0.3 is 5.11 Å². The molecule has 0 heterocycles. The Balaban J connectivity index is 2.39. The van der Waals surface area contributed by atoms with Crippen LogP contribution in [0.4, 0.5) is 13.2 Å². The lowest BCUT2D eigenvalue weighted by Crippen LogP contribution is -2.40. The predicted octanol–water partition coefficient (Wildman–Crippen LogP) is 4.74. The Bertz CT molecular complexity index is 493. The number of alkyl halides is 3. The molecular weight excluding hydrogens is 265 g/mol. The molecule has 0 bridgehead atoms. The molecule has 1 N–H and O–H groups in total. The number of rotatable bonds is 1. The highest BCUT2D eigenvalue weighted by Gasteiger charge is 2.43. The van der Waals surface area contributed by atoms with E-state index in [0.717, 1.165) is 18.6 Å². The third kappa shape index (κ3) is 3.17. The molecule has 0 saturated heterocycles. The average Bonchev–Trinajstić information content (AvgIpc) is 2.24. The van der Waals surface area contributed by atoms with Crippen molar-refractivity contribution in [2.45, 2.75) is 51.8 Å². The first-order chi connectivity index (χ1) is 9.02. The molecule has 1 aromatic rings. The molecule has 0 radical (unpaired) electrons. The van der Waals surface area contributed by atoms with E-state index in [-0.39, 0.29) is 5.41 Å². The molecule has 2 atom stereocenters. The van der Waals surface area contributed by atoms with Gasteiger partial charge in [0, 0.05) is 0 Å². The minimum atomic E-state index is -4.37. The number of aliphatic hydroxyl groups is 1. The predicted molar refractivity (Wildman–Crippen MR) is 72.1 cm³/mol. The number of benzene rings is 1. The second-order valence-electron chi connectivity index (χ2n) is 6.96. The summed E-state index contributed by atoms with van der Waals surface area (Å²) in [6.45, 7) is 6.15. The van der Waals surface area contributed by atoms with Gasteiger partial charge in [0.15, 0.2) is 0 Å². The Morgan fingerprint density at radius 1 is 1.20 bits per heavy atom. The number of halogens is 3. The van der Waals surface area contributed by atoms with E-state index >= 15 is 0 Å². The van der Waals surface area contributed by atoms with Gasteiger partial charge in [-0.1, -0.05) is 32.9 Å². The van der Waals surface area contributed by atoms with Gasteiger partial charge in [0.1, 0.15) is 0 Å². The van der Waals surface area contributed by atoms with E-state index in [2.05, 4.69) is 13.8 Å². The van der Waals surface area contributed by atoms with E-state index < -0.39 is 17.3 Å². The van der Waals surface area contributed by atoms with Crippen LogP contribution in [0.5, 0.6) is 0 Å². The van der Waals surface area contributed by atoms with Crippen LogP contribution in [0.2, 0.25) is 0 Å². The zero-order chi connectivity index (χ0) is 15.2. The maximum Gasteiger partial charge on any atom is 0.416 e. The van der Waals surface area contributed by atoms with Crippen molar-refractivity contribution in [1.82, 2.24) is 0 Å². The van der Waals surface area contributed by atoms with Gasteiger partial charge in [-0.05, 0) is 48.3 Å². The van der Waals surface area contributed by atoms with Crippen molar-refractivity contribution in [3.63, 3.8) is 0 Å². The van der Waals surface area contributed by atoms with E-state index in [0.29, 0.717) is 24.3 Å². The Kier molecular flexibility index (Phi) is 3.66. The molecule has 4 heteroatoms. The molecule has 2 rings (SSSR count). The summed E-state index contributed by atoms with van der Waals surface area (Å²) in [4.78, 5) is 0. The Morgan fingerprint density at radius 3 is 2.40 bits per heavy atom. The molecule has 112 valence electrons. The molecule has 20 heavy (non-hydrogen) atoms. The van der Waals surface area contributed by atoms with E-state index in [1.807, 2.05) is 6.92 Å². The molecular formula is C16H21F3O. The van der Waals surface area contributed by atoms with Crippen molar-refractivity contribution in [2.75, 3.05) is 0 Å². The number of hydrogen-bond acceptors (Lipinski definition) is 1. The van der Waals surface area contributed by atoms with Gasteiger partial charge in [-0.15, -0.1) is 0 Å². The van der Waals surface area contributed by atoms with Crippen LogP contribution < -0.4 is 0 Å². The molecule has 1 nitrogen and oxygen atoms in total. The van der Waals surface area contributed by atoms with Crippen LogP contribution in [0.3, 0.4) is 0 Å². The normalized spacial score (nSPS) is 30.2. The summed E-state index contributed by atoms with van der Waals surface area (Å²) < 4.78 is 38.4. The first-order valence-electron chi connectivity index (χ1n) is 6.92. The van der Waals surface area contributed by atoms with Crippen LogP contribution in [0.1, 0.15) is 51.2 Å². The smallest absolute Gasteiger partial charge is 0.385 e. The van der Waals surface area contributed by atoms with E-state index in [1.54, 1.807) is 6.07 Å². The topological polar surface area (TPSA) is 20.2 Å². The molecule has 1 aliphatic rings. The van der Waals surface area contributed by atoms with Crippen LogP contribution in [-0.4, -0.2) is 5.11 Å². The molecule has 0 aromatic heterocycles. The standard InChI is InChI=1S/C16H21F3O/c1-11-8-14(2,3)10-15(20,9-11)12-5-4-6-13(7-12)16(17,18)19/h4-7,11,20H,8-10H2,1-3H3. The van der Waals surface area contributed by atoms with E-state index in [9.17, 15) is 18.3 Å². The van der Waals surface area contributed by atoms with Crippen LogP contribution >= 0.6 is 0 Å². The summed E-state index contributed by atoms with van der Waals surface area (Å²) in [5.41, 5.74) is -1.55. The average molecular weight is 286 g/mol. The monoisotopic (exact) mass is 286 g/mol. The Hall–Kier alpha value is -1.03.